The van der Waals surface area contributed by atoms with Crippen LogP contribution in [-0.4, -0.2) is 34.1 Å². The van der Waals surface area contributed by atoms with Gasteiger partial charge in [-0.25, -0.2) is 9.97 Å². The number of carboxylic acids is 1. The fourth-order valence-electron chi connectivity index (χ4n) is 5.53. The third-order valence-corrected chi connectivity index (χ3v) is 8.18. The molecule has 1 aliphatic rings. The quantitative estimate of drug-likeness (QED) is 0.314. The number of carboxylic acid groups (broad SMARTS) is 1. The van der Waals surface area contributed by atoms with E-state index >= 15 is 0 Å². The maximum Gasteiger partial charge on any atom is 0.311 e. The molecular formula is C33H43N3O3. The lowest BCUT2D eigenvalue weighted by molar-refractivity contribution is -0.148. The van der Waals surface area contributed by atoms with Crippen LogP contribution in [0.3, 0.4) is 0 Å². The van der Waals surface area contributed by atoms with Gasteiger partial charge in [0, 0.05) is 18.7 Å². The number of benzene rings is 2. The van der Waals surface area contributed by atoms with Crippen LogP contribution in [0.15, 0.2) is 36.4 Å². The summed E-state index contributed by atoms with van der Waals surface area (Å²) < 4.78 is 6.44. The average Bonchev–Trinajstić information content (AvgIpc) is 2.92. The third-order valence-electron chi connectivity index (χ3n) is 8.18. The lowest BCUT2D eigenvalue weighted by Gasteiger charge is -2.39. The lowest BCUT2D eigenvalue weighted by Crippen LogP contribution is -2.47. The number of aromatic nitrogens is 2. The van der Waals surface area contributed by atoms with Crippen LogP contribution in [0, 0.1) is 19.3 Å². The van der Waals surface area contributed by atoms with Crippen LogP contribution in [0.1, 0.15) is 86.9 Å². The third kappa shape index (κ3) is 5.95. The van der Waals surface area contributed by atoms with Crippen molar-refractivity contribution in [1.29, 1.82) is 0 Å². The van der Waals surface area contributed by atoms with Crippen LogP contribution >= 0.6 is 0 Å². The zero-order valence-corrected chi connectivity index (χ0v) is 24.6. The van der Waals surface area contributed by atoms with Crippen molar-refractivity contribution in [3.05, 3.63) is 69.9 Å². The first-order chi connectivity index (χ1) is 18.6. The summed E-state index contributed by atoms with van der Waals surface area (Å²) in [4.78, 5) is 24.6. The zero-order valence-electron chi connectivity index (χ0n) is 24.6. The van der Waals surface area contributed by atoms with Gasteiger partial charge in [0.1, 0.15) is 18.2 Å². The van der Waals surface area contributed by atoms with Crippen molar-refractivity contribution in [2.24, 2.45) is 5.41 Å². The van der Waals surface area contributed by atoms with Gasteiger partial charge in [-0.05, 0) is 80.7 Å². The lowest BCUT2D eigenvalue weighted by atomic mass is 9.82. The first kappa shape index (κ1) is 28.6. The number of carbonyl (C=O) groups is 1. The minimum atomic E-state index is -0.826. The van der Waals surface area contributed by atoms with Gasteiger partial charge in [0.2, 0.25) is 0 Å². The maximum absolute atomic E-state index is 12.2. The van der Waals surface area contributed by atoms with Crippen LogP contribution in [0.4, 0.5) is 5.82 Å². The molecule has 0 bridgehead atoms. The highest BCUT2D eigenvalue weighted by atomic mass is 16.5. The number of hydrogen-bond donors (Lipinski definition) is 1. The van der Waals surface area contributed by atoms with Crippen molar-refractivity contribution >= 4 is 11.8 Å². The average molecular weight is 530 g/mol. The van der Waals surface area contributed by atoms with Gasteiger partial charge in [-0.15, -0.1) is 0 Å². The molecule has 0 amide bonds. The highest BCUT2D eigenvalue weighted by Crippen LogP contribution is 2.36. The van der Waals surface area contributed by atoms with E-state index in [1.807, 2.05) is 13.8 Å². The molecule has 1 aromatic heterocycles. The van der Waals surface area contributed by atoms with Crippen LogP contribution in [0.5, 0.6) is 5.75 Å². The molecule has 2 heterocycles. The number of piperidine rings is 1. The minimum absolute atomic E-state index is 0.320. The monoisotopic (exact) mass is 529 g/mol. The Bertz CT molecular complexity index is 1330. The van der Waals surface area contributed by atoms with Crippen molar-refractivity contribution in [1.82, 2.24) is 9.97 Å². The van der Waals surface area contributed by atoms with Gasteiger partial charge < -0.3 is 14.7 Å². The van der Waals surface area contributed by atoms with Gasteiger partial charge in [0.05, 0.1) is 16.7 Å². The van der Waals surface area contributed by atoms with Crippen molar-refractivity contribution in [3.63, 3.8) is 0 Å². The Labute approximate surface area is 233 Å². The topological polar surface area (TPSA) is 75.5 Å². The van der Waals surface area contributed by atoms with E-state index in [0.717, 1.165) is 59.8 Å². The zero-order chi connectivity index (χ0) is 28.3. The largest absolute Gasteiger partial charge is 0.488 e. The van der Waals surface area contributed by atoms with Crippen LogP contribution in [0.25, 0.3) is 11.4 Å². The van der Waals surface area contributed by atoms with E-state index in [1.165, 1.54) is 16.7 Å². The van der Waals surface area contributed by atoms with Gasteiger partial charge in [-0.3, -0.25) is 4.79 Å². The first-order valence-electron chi connectivity index (χ1n) is 14.3. The molecule has 4 rings (SSSR count). The number of rotatable bonds is 9. The smallest absolute Gasteiger partial charge is 0.311 e. The van der Waals surface area contributed by atoms with Crippen LogP contribution < -0.4 is 9.64 Å². The maximum atomic E-state index is 12.2. The number of nitrogens with zero attached hydrogens (tertiary/aromatic N) is 3. The predicted octanol–water partition coefficient (Wildman–Crippen LogP) is 7.28. The summed E-state index contributed by atoms with van der Waals surface area (Å²) in [6.45, 7) is 16.1. The molecule has 0 radical (unpaired) electrons. The molecular weight excluding hydrogens is 486 g/mol. The molecule has 0 saturated carbocycles. The molecule has 39 heavy (non-hydrogen) atoms. The van der Waals surface area contributed by atoms with Gasteiger partial charge in [0.15, 0.2) is 5.82 Å². The van der Waals surface area contributed by atoms with E-state index < -0.39 is 11.4 Å². The van der Waals surface area contributed by atoms with E-state index in [-0.39, 0.29) is 0 Å². The van der Waals surface area contributed by atoms with Gasteiger partial charge in [0.25, 0.3) is 0 Å². The van der Waals surface area contributed by atoms with E-state index in [1.54, 1.807) is 0 Å². The SMILES string of the molecule is CCc1cccc(CC)c1-c1nc(C)c(COc2cc(C(C)C)ccc2C)c(N2CCCC(C)(C(=O)O)C2)n1. The Morgan fingerprint density at radius 3 is 2.41 bits per heavy atom. The number of anilines is 1. The van der Waals surface area contributed by atoms with Crippen LogP contribution in [-0.2, 0) is 24.2 Å². The molecule has 1 atom stereocenters. The minimum Gasteiger partial charge on any atom is -0.488 e. The molecule has 0 aliphatic carbocycles. The second kappa shape index (κ2) is 11.8. The Morgan fingerprint density at radius 2 is 1.79 bits per heavy atom. The Morgan fingerprint density at radius 1 is 1.10 bits per heavy atom. The summed E-state index contributed by atoms with van der Waals surface area (Å²) in [7, 11) is 0. The molecule has 0 spiro atoms. The molecule has 1 unspecified atom stereocenters. The highest BCUT2D eigenvalue weighted by molar-refractivity contribution is 5.76. The van der Waals surface area contributed by atoms with E-state index in [2.05, 4.69) is 75.9 Å². The molecule has 3 aromatic rings. The second-order valence-corrected chi connectivity index (χ2v) is 11.5. The summed E-state index contributed by atoms with van der Waals surface area (Å²) in [5.74, 6) is 1.99. The van der Waals surface area contributed by atoms with Gasteiger partial charge in [-0.1, -0.05) is 58.0 Å². The number of hydrogen-bond acceptors (Lipinski definition) is 5. The summed E-state index contributed by atoms with van der Waals surface area (Å²) in [6, 6.07) is 12.8. The number of ether oxygens (including phenoxy) is 1. The fraction of sp³-hybridized carbons (Fsp3) is 0.485. The van der Waals surface area contributed by atoms with E-state index in [0.29, 0.717) is 31.3 Å². The summed E-state index contributed by atoms with van der Waals surface area (Å²) in [6.07, 6.45) is 3.22. The van der Waals surface area contributed by atoms with Gasteiger partial charge >= 0.3 is 5.97 Å². The van der Waals surface area contributed by atoms with Crippen molar-refractivity contribution in [2.75, 3.05) is 18.0 Å². The predicted molar refractivity (Wildman–Crippen MR) is 158 cm³/mol. The van der Waals surface area contributed by atoms with Gasteiger partial charge in [-0.2, -0.15) is 0 Å². The molecule has 6 heteroatoms. The molecule has 208 valence electrons. The molecule has 1 N–H and O–H groups in total. The van der Waals surface area contributed by atoms with Crippen LogP contribution in [0.2, 0.25) is 0 Å². The van der Waals surface area contributed by atoms with Crippen molar-refractivity contribution in [3.8, 4) is 17.1 Å². The first-order valence-corrected chi connectivity index (χ1v) is 14.3. The van der Waals surface area contributed by atoms with E-state index in [9.17, 15) is 9.90 Å². The molecule has 2 aromatic carbocycles. The summed E-state index contributed by atoms with van der Waals surface area (Å²) in [5.41, 5.74) is 6.80. The highest BCUT2D eigenvalue weighted by Gasteiger charge is 2.39. The van der Waals surface area contributed by atoms with Crippen molar-refractivity contribution in [2.45, 2.75) is 86.7 Å². The standard InChI is InChI=1S/C33H43N3O3/c1-8-24-12-10-13-25(9-2)29(24)30-34-23(6)27(19-39-28-18-26(21(3)4)15-14-22(28)5)31(35-30)36-17-11-16-33(7,20-36)32(37)38/h10,12-15,18,21H,8-9,11,16-17,19-20H2,1-7H3,(H,37,38). The summed E-state index contributed by atoms with van der Waals surface area (Å²) in [5, 5.41) is 10.0. The Hall–Kier alpha value is -3.41. The fourth-order valence-corrected chi connectivity index (χ4v) is 5.53. The second-order valence-electron chi connectivity index (χ2n) is 11.5. The normalized spacial score (nSPS) is 17.5. The molecule has 1 aliphatic heterocycles. The molecule has 6 nitrogen and oxygen atoms in total. The Balaban J connectivity index is 1.82. The molecule has 1 saturated heterocycles. The van der Waals surface area contributed by atoms with E-state index in [4.69, 9.17) is 14.7 Å². The molecule has 1 fully saturated rings. The number of aliphatic carboxylic acids is 1. The Kier molecular flexibility index (Phi) is 8.63. The van der Waals surface area contributed by atoms with Crippen molar-refractivity contribution < 1.29 is 14.6 Å². The number of aryl methyl sites for hydroxylation is 4. The summed E-state index contributed by atoms with van der Waals surface area (Å²) >= 11 is 0.